The van der Waals surface area contributed by atoms with Gasteiger partial charge >= 0.3 is 6.18 Å². The fourth-order valence-electron chi connectivity index (χ4n) is 7.21. The Labute approximate surface area is 269 Å². The zero-order chi connectivity index (χ0) is 33.8. The zero-order valence-electron chi connectivity index (χ0n) is 26.0. The first-order valence-corrected chi connectivity index (χ1v) is 15.4. The lowest BCUT2D eigenvalue weighted by Crippen LogP contribution is -2.65. The topological polar surface area (TPSA) is 101 Å². The quantitative estimate of drug-likeness (QED) is 0.360. The molecular formula is C32H35F4N7O4. The number of rotatable bonds is 5. The van der Waals surface area contributed by atoms with Crippen molar-refractivity contribution in [3.63, 3.8) is 0 Å². The van der Waals surface area contributed by atoms with E-state index >= 15 is 4.39 Å². The Bertz CT molecular complexity index is 1630. The summed E-state index contributed by atoms with van der Waals surface area (Å²) in [5.41, 5.74) is -0.477. The third-order valence-corrected chi connectivity index (χ3v) is 9.44. The van der Waals surface area contributed by atoms with Crippen LogP contribution in [0.5, 0.6) is 0 Å². The van der Waals surface area contributed by atoms with E-state index in [9.17, 15) is 32.3 Å². The van der Waals surface area contributed by atoms with Crippen molar-refractivity contribution in [2.45, 2.75) is 31.6 Å². The van der Waals surface area contributed by atoms with Crippen molar-refractivity contribution >= 4 is 40.8 Å². The molecule has 250 valence electrons. The maximum Gasteiger partial charge on any atom is 0.416 e. The fourth-order valence-corrected chi connectivity index (χ4v) is 7.21. The first-order chi connectivity index (χ1) is 22.3. The second kappa shape index (κ2) is 12.2. The van der Waals surface area contributed by atoms with Gasteiger partial charge in [-0.15, -0.1) is 0 Å². The second-order valence-corrected chi connectivity index (χ2v) is 12.4. The molecule has 15 heteroatoms. The highest BCUT2D eigenvalue weighted by molar-refractivity contribution is 6.10. The van der Waals surface area contributed by atoms with Crippen LogP contribution in [0.4, 0.5) is 34.8 Å². The van der Waals surface area contributed by atoms with Gasteiger partial charge in [0.1, 0.15) is 24.2 Å². The molecule has 1 aromatic heterocycles. The molecule has 4 aliphatic rings. The van der Waals surface area contributed by atoms with Crippen LogP contribution in [-0.4, -0.2) is 115 Å². The van der Waals surface area contributed by atoms with E-state index in [1.54, 1.807) is 15.9 Å². The molecule has 2 aromatic rings. The number of aryl methyl sites for hydroxylation is 1. The van der Waals surface area contributed by atoms with Crippen LogP contribution < -0.4 is 14.7 Å². The number of aromatic nitrogens is 1. The summed E-state index contributed by atoms with van der Waals surface area (Å²) in [4.78, 5) is 66.1. The third-order valence-electron chi connectivity index (χ3n) is 9.44. The van der Waals surface area contributed by atoms with E-state index in [-0.39, 0.29) is 60.3 Å². The van der Waals surface area contributed by atoms with Gasteiger partial charge in [0.25, 0.3) is 0 Å². The number of fused-ring (bicyclic) bond motifs is 3. The van der Waals surface area contributed by atoms with E-state index < -0.39 is 41.3 Å². The number of halogens is 4. The highest BCUT2D eigenvalue weighted by Crippen LogP contribution is 2.41. The summed E-state index contributed by atoms with van der Waals surface area (Å²) >= 11 is 0. The molecule has 4 aliphatic heterocycles. The van der Waals surface area contributed by atoms with Crippen LogP contribution in [0.15, 0.2) is 43.0 Å². The van der Waals surface area contributed by atoms with Crippen LogP contribution in [0.3, 0.4) is 0 Å². The van der Waals surface area contributed by atoms with E-state index in [1.807, 2.05) is 0 Å². The van der Waals surface area contributed by atoms with Crippen molar-refractivity contribution in [1.82, 2.24) is 19.7 Å². The summed E-state index contributed by atoms with van der Waals surface area (Å²) in [5.74, 6) is -3.03. The van der Waals surface area contributed by atoms with E-state index in [2.05, 4.69) is 16.5 Å². The van der Waals surface area contributed by atoms with Gasteiger partial charge in [0, 0.05) is 70.9 Å². The second-order valence-electron chi connectivity index (χ2n) is 12.4. The minimum atomic E-state index is -4.69. The highest BCUT2D eigenvalue weighted by Gasteiger charge is 2.49. The minimum Gasteiger partial charge on any atom is -0.366 e. The van der Waals surface area contributed by atoms with Crippen LogP contribution >= 0.6 is 0 Å². The van der Waals surface area contributed by atoms with Gasteiger partial charge in [-0.05, 0) is 37.3 Å². The molecule has 0 radical (unpaired) electrons. The number of benzene rings is 1. The number of alkyl halides is 3. The number of hydrogen-bond acceptors (Lipinski definition) is 7. The van der Waals surface area contributed by atoms with E-state index in [1.165, 1.54) is 42.0 Å². The van der Waals surface area contributed by atoms with Gasteiger partial charge < -0.3 is 19.6 Å². The molecule has 3 atom stereocenters. The van der Waals surface area contributed by atoms with Crippen molar-refractivity contribution in [2.75, 3.05) is 74.1 Å². The molecule has 6 rings (SSSR count). The zero-order valence-corrected chi connectivity index (χ0v) is 26.0. The Balaban J connectivity index is 1.28. The van der Waals surface area contributed by atoms with Crippen molar-refractivity contribution in [3.05, 3.63) is 60.1 Å². The van der Waals surface area contributed by atoms with Gasteiger partial charge in [0.15, 0.2) is 0 Å². The first kappa shape index (κ1) is 32.4. The number of anilines is 3. The predicted octanol–water partition coefficient (Wildman–Crippen LogP) is 2.29. The molecule has 3 saturated heterocycles. The molecule has 1 aromatic carbocycles. The Morgan fingerprint density at radius 3 is 2.55 bits per heavy atom. The Morgan fingerprint density at radius 1 is 1.06 bits per heavy atom. The molecule has 0 saturated carbocycles. The average Bonchev–Trinajstić information content (AvgIpc) is 3.35. The van der Waals surface area contributed by atoms with Gasteiger partial charge in [-0.3, -0.25) is 29.0 Å². The van der Waals surface area contributed by atoms with Crippen molar-refractivity contribution < 1.29 is 36.7 Å². The normalized spacial score (nSPS) is 23.7. The predicted molar refractivity (Wildman–Crippen MR) is 164 cm³/mol. The lowest BCUT2D eigenvalue weighted by molar-refractivity contribution is -0.149. The first-order valence-electron chi connectivity index (χ1n) is 15.4. The van der Waals surface area contributed by atoms with Gasteiger partial charge in [-0.1, -0.05) is 12.6 Å². The van der Waals surface area contributed by atoms with Crippen molar-refractivity contribution in [1.29, 1.82) is 0 Å². The number of carbonyl (C=O) groups is 4. The summed E-state index contributed by atoms with van der Waals surface area (Å²) in [5, 5.41) is 0. The van der Waals surface area contributed by atoms with Crippen LogP contribution in [0, 0.1) is 18.7 Å². The smallest absolute Gasteiger partial charge is 0.366 e. The van der Waals surface area contributed by atoms with E-state index in [0.29, 0.717) is 39.3 Å². The Hall–Kier alpha value is -4.53. The number of nitrogens with zero attached hydrogens (tertiary/aromatic N) is 7. The molecule has 11 nitrogen and oxygen atoms in total. The SMILES string of the molecule is C=CC(=O)N1CC(=O)N2CCN(CCN3C[C@H]4CC(=O)N(c5cc(C(F)(F)F)cc(C)n5)[C@@H]4C(=O)N(C)c4cccc(F)c43)C[C@@H]2C1. The summed E-state index contributed by atoms with van der Waals surface area (Å²) in [6.45, 7) is 7.63. The number of pyridine rings is 1. The summed E-state index contributed by atoms with van der Waals surface area (Å²) < 4.78 is 56.7. The lowest BCUT2D eigenvalue weighted by Gasteiger charge is -2.47. The van der Waals surface area contributed by atoms with Gasteiger partial charge in [-0.25, -0.2) is 9.37 Å². The van der Waals surface area contributed by atoms with Crippen LogP contribution in [0.25, 0.3) is 0 Å². The molecule has 0 bridgehead atoms. The minimum absolute atomic E-state index is 0.00527. The van der Waals surface area contributed by atoms with Crippen LogP contribution in [0.1, 0.15) is 17.7 Å². The number of para-hydroxylation sites is 1. The number of hydrogen-bond donors (Lipinski definition) is 0. The van der Waals surface area contributed by atoms with Gasteiger partial charge in [-0.2, -0.15) is 13.2 Å². The molecule has 47 heavy (non-hydrogen) atoms. The molecule has 0 aliphatic carbocycles. The van der Waals surface area contributed by atoms with Gasteiger partial charge in [0.2, 0.25) is 23.6 Å². The summed E-state index contributed by atoms with van der Waals surface area (Å²) in [6.07, 6.45) is -3.64. The molecule has 4 amide bonds. The largest absolute Gasteiger partial charge is 0.416 e. The van der Waals surface area contributed by atoms with Crippen LogP contribution in [0.2, 0.25) is 0 Å². The number of carbonyl (C=O) groups excluding carboxylic acids is 4. The van der Waals surface area contributed by atoms with Crippen LogP contribution in [-0.2, 0) is 25.4 Å². The molecule has 3 fully saturated rings. The van der Waals surface area contributed by atoms with Gasteiger partial charge in [0.05, 0.1) is 23.0 Å². The maximum atomic E-state index is 15.6. The average molecular weight is 658 g/mol. The lowest BCUT2D eigenvalue weighted by atomic mass is 9.95. The maximum absolute atomic E-state index is 15.6. The van der Waals surface area contributed by atoms with E-state index in [0.717, 1.165) is 17.0 Å². The summed E-state index contributed by atoms with van der Waals surface area (Å²) in [7, 11) is 1.46. The molecule has 0 spiro atoms. The van der Waals surface area contributed by atoms with Crippen molar-refractivity contribution in [3.8, 4) is 0 Å². The number of piperazine rings is 2. The Kier molecular flexibility index (Phi) is 8.45. The standard InChI is InChI=1S/C32H35F4N7O4/c1-4-26(44)41-17-22-16-39(9-11-42(22)28(46)18-41)8-10-40-15-20-13-27(45)43(25-14-21(32(34,35)36)12-19(2)37-25)29(20)31(47)38(3)24-7-5-6-23(33)30(24)40/h4-7,12,14,20,22,29H,1,8-11,13,15-18H2,2-3H3/t20-,22-,29+/m1/s1. The van der Waals surface area contributed by atoms with E-state index in [4.69, 9.17) is 0 Å². The third kappa shape index (κ3) is 6.03. The summed E-state index contributed by atoms with van der Waals surface area (Å²) in [6, 6.07) is 4.64. The molecule has 0 N–H and O–H groups in total. The Morgan fingerprint density at radius 2 is 1.83 bits per heavy atom. The monoisotopic (exact) mass is 657 g/mol. The fraction of sp³-hybridized carbons (Fsp3) is 0.469. The van der Waals surface area contributed by atoms with Crippen molar-refractivity contribution in [2.24, 2.45) is 5.92 Å². The number of likely N-dealkylation sites (N-methyl/N-ethyl adjacent to an activating group) is 1. The molecular weight excluding hydrogens is 622 g/mol. The number of amides is 4. The molecule has 0 unspecified atom stereocenters. The highest BCUT2D eigenvalue weighted by atomic mass is 19.4. The molecule has 5 heterocycles.